The molecule has 1 aromatic heterocycles. The molecule has 0 fully saturated rings. The van der Waals surface area contributed by atoms with Crippen LogP contribution in [-0.2, 0) is 11.3 Å². The van der Waals surface area contributed by atoms with Gasteiger partial charge in [0, 0.05) is 25.6 Å². The van der Waals surface area contributed by atoms with Crippen LogP contribution in [0.25, 0.3) is 0 Å². The number of nitrogens with zero attached hydrogens (tertiary/aromatic N) is 2. The van der Waals surface area contributed by atoms with Crippen molar-refractivity contribution in [2.45, 2.75) is 45.7 Å². The van der Waals surface area contributed by atoms with Gasteiger partial charge in [0.1, 0.15) is 11.5 Å². The van der Waals surface area contributed by atoms with Crippen molar-refractivity contribution in [3.05, 3.63) is 23.7 Å². The second-order valence-electron chi connectivity index (χ2n) is 6.00. The maximum absolute atomic E-state index is 12.4. The molecule has 1 rings (SSSR count). The molecule has 5 nitrogen and oxygen atoms in total. The number of hydrogen-bond acceptors (Lipinski definition) is 4. The molecule has 0 bridgehead atoms. The molecule has 1 aromatic rings. The average molecular weight is 295 g/mol. The molecule has 0 saturated carbocycles. The van der Waals surface area contributed by atoms with Crippen molar-refractivity contribution in [2.24, 2.45) is 5.73 Å². The molecule has 1 heterocycles. The van der Waals surface area contributed by atoms with Crippen molar-refractivity contribution in [3.63, 3.8) is 0 Å². The molecule has 1 unspecified atom stereocenters. The van der Waals surface area contributed by atoms with E-state index in [-0.39, 0.29) is 11.9 Å². The van der Waals surface area contributed by atoms with Gasteiger partial charge in [-0.25, -0.2) is 0 Å². The number of nitrogens with two attached hydrogens (primary N) is 1. The summed E-state index contributed by atoms with van der Waals surface area (Å²) in [6.07, 6.45) is 2.27. The van der Waals surface area contributed by atoms with Gasteiger partial charge in [-0.05, 0) is 52.9 Å². The van der Waals surface area contributed by atoms with Crippen LogP contribution in [0.4, 0.5) is 0 Å². The molecule has 1 atom stereocenters. The third-order valence-corrected chi connectivity index (χ3v) is 3.36. The van der Waals surface area contributed by atoms with Crippen LogP contribution in [0, 0.1) is 6.92 Å². The summed E-state index contributed by atoms with van der Waals surface area (Å²) in [5, 5.41) is 0. The number of likely N-dealkylation sites (N-methyl/N-ethyl adjacent to an activating group) is 1. The Hall–Kier alpha value is -1.33. The van der Waals surface area contributed by atoms with E-state index in [0.717, 1.165) is 30.9 Å². The van der Waals surface area contributed by atoms with Gasteiger partial charge in [0.15, 0.2) is 0 Å². The Bertz CT molecular complexity index is 427. The first kappa shape index (κ1) is 17.7. The minimum Gasteiger partial charge on any atom is -0.464 e. The topological polar surface area (TPSA) is 62.7 Å². The number of furan rings is 1. The molecule has 120 valence electrons. The molecule has 21 heavy (non-hydrogen) atoms. The largest absolute Gasteiger partial charge is 0.464 e. The normalized spacial score (nSPS) is 12.7. The maximum atomic E-state index is 12.4. The van der Waals surface area contributed by atoms with Crippen molar-refractivity contribution >= 4 is 5.91 Å². The van der Waals surface area contributed by atoms with Crippen molar-refractivity contribution < 1.29 is 9.21 Å². The van der Waals surface area contributed by atoms with Crippen LogP contribution in [0.15, 0.2) is 16.5 Å². The van der Waals surface area contributed by atoms with Gasteiger partial charge >= 0.3 is 0 Å². The van der Waals surface area contributed by atoms with E-state index in [2.05, 4.69) is 4.90 Å². The van der Waals surface area contributed by atoms with E-state index in [1.807, 2.05) is 45.0 Å². The molecule has 0 radical (unpaired) electrons. The van der Waals surface area contributed by atoms with Crippen LogP contribution in [0.3, 0.4) is 0 Å². The molecular weight excluding hydrogens is 266 g/mol. The fraction of sp³-hybridized carbons (Fsp3) is 0.688. The first-order valence-corrected chi connectivity index (χ1v) is 7.62. The average Bonchev–Trinajstić information content (AvgIpc) is 2.79. The fourth-order valence-electron chi connectivity index (χ4n) is 2.10. The van der Waals surface area contributed by atoms with Gasteiger partial charge in [-0.3, -0.25) is 4.79 Å². The monoisotopic (exact) mass is 295 g/mol. The predicted molar refractivity (Wildman–Crippen MR) is 84.9 cm³/mol. The summed E-state index contributed by atoms with van der Waals surface area (Å²) >= 11 is 0. The van der Waals surface area contributed by atoms with E-state index in [9.17, 15) is 4.79 Å². The lowest BCUT2D eigenvalue weighted by atomic mass is 10.1. The van der Waals surface area contributed by atoms with Gasteiger partial charge in [0.2, 0.25) is 5.91 Å². The molecule has 0 aliphatic rings. The summed E-state index contributed by atoms with van der Waals surface area (Å²) < 4.78 is 5.59. The molecule has 0 spiro atoms. The number of carbonyl (C=O) groups excluding carboxylic acids is 1. The summed E-state index contributed by atoms with van der Waals surface area (Å²) in [6.45, 7) is 5.99. The number of carbonyl (C=O) groups is 1. The lowest BCUT2D eigenvalue weighted by Crippen LogP contribution is -2.36. The summed E-state index contributed by atoms with van der Waals surface area (Å²) in [6, 6.07) is 4.02. The third-order valence-electron chi connectivity index (χ3n) is 3.36. The first-order valence-electron chi connectivity index (χ1n) is 7.62. The highest BCUT2D eigenvalue weighted by molar-refractivity contribution is 5.76. The Morgan fingerprint density at radius 1 is 1.33 bits per heavy atom. The molecule has 0 saturated heterocycles. The number of hydrogen-bond donors (Lipinski definition) is 1. The van der Waals surface area contributed by atoms with Gasteiger partial charge in [0.25, 0.3) is 0 Å². The van der Waals surface area contributed by atoms with Crippen molar-refractivity contribution in [1.29, 1.82) is 0 Å². The molecule has 0 aliphatic carbocycles. The Balaban J connectivity index is 2.56. The zero-order valence-electron chi connectivity index (χ0n) is 13.8. The second-order valence-corrected chi connectivity index (χ2v) is 6.00. The van der Waals surface area contributed by atoms with Gasteiger partial charge in [-0.2, -0.15) is 0 Å². The van der Waals surface area contributed by atoms with Crippen LogP contribution in [-0.4, -0.2) is 48.9 Å². The van der Waals surface area contributed by atoms with Crippen molar-refractivity contribution in [1.82, 2.24) is 9.80 Å². The highest BCUT2D eigenvalue weighted by Gasteiger charge is 2.15. The Morgan fingerprint density at radius 3 is 2.57 bits per heavy atom. The minimum atomic E-state index is 0.153. The van der Waals surface area contributed by atoms with Gasteiger partial charge < -0.3 is 20.0 Å². The van der Waals surface area contributed by atoms with Crippen LogP contribution in [0.1, 0.15) is 37.7 Å². The van der Waals surface area contributed by atoms with Crippen molar-refractivity contribution in [3.8, 4) is 0 Å². The van der Waals surface area contributed by atoms with E-state index < -0.39 is 0 Å². The standard InChI is InChI=1S/C16H29N3O2/c1-13(17)6-5-7-16(20)19(11-10-18(3)4)12-15-9-8-14(2)21-15/h8-9,13H,5-7,10-12,17H2,1-4H3. The SMILES string of the molecule is Cc1ccc(CN(CCN(C)C)C(=O)CCCC(C)N)o1. The van der Waals surface area contributed by atoms with Gasteiger partial charge in [-0.1, -0.05) is 0 Å². The highest BCUT2D eigenvalue weighted by Crippen LogP contribution is 2.12. The van der Waals surface area contributed by atoms with E-state index in [4.69, 9.17) is 10.2 Å². The summed E-state index contributed by atoms with van der Waals surface area (Å²) in [5.41, 5.74) is 5.73. The zero-order valence-corrected chi connectivity index (χ0v) is 13.8. The number of rotatable bonds is 9. The lowest BCUT2D eigenvalue weighted by Gasteiger charge is -2.23. The van der Waals surface area contributed by atoms with Crippen LogP contribution in [0.5, 0.6) is 0 Å². The smallest absolute Gasteiger partial charge is 0.223 e. The van der Waals surface area contributed by atoms with E-state index in [0.29, 0.717) is 19.5 Å². The van der Waals surface area contributed by atoms with Gasteiger partial charge in [-0.15, -0.1) is 0 Å². The Kier molecular flexibility index (Phi) is 7.47. The maximum Gasteiger partial charge on any atom is 0.223 e. The third kappa shape index (κ3) is 7.29. The van der Waals surface area contributed by atoms with Crippen molar-refractivity contribution in [2.75, 3.05) is 27.2 Å². The van der Waals surface area contributed by atoms with E-state index >= 15 is 0 Å². The summed E-state index contributed by atoms with van der Waals surface area (Å²) in [5.74, 6) is 1.89. The highest BCUT2D eigenvalue weighted by atomic mass is 16.3. The number of amides is 1. The molecule has 1 amide bonds. The summed E-state index contributed by atoms with van der Waals surface area (Å²) in [4.78, 5) is 16.3. The van der Waals surface area contributed by atoms with Crippen LogP contribution >= 0.6 is 0 Å². The van der Waals surface area contributed by atoms with E-state index in [1.165, 1.54) is 0 Å². The van der Waals surface area contributed by atoms with E-state index in [1.54, 1.807) is 0 Å². The zero-order chi connectivity index (χ0) is 15.8. The van der Waals surface area contributed by atoms with Gasteiger partial charge in [0.05, 0.1) is 6.54 Å². The Labute approximate surface area is 128 Å². The molecule has 2 N–H and O–H groups in total. The lowest BCUT2D eigenvalue weighted by molar-refractivity contribution is -0.132. The van der Waals surface area contributed by atoms with Crippen LogP contribution < -0.4 is 5.73 Å². The molecule has 5 heteroatoms. The quantitative estimate of drug-likeness (QED) is 0.757. The molecule has 0 aliphatic heterocycles. The number of aryl methyl sites for hydroxylation is 1. The minimum absolute atomic E-state index is 0.153. The van der Waals surface area contributed by atoms with Crippen LogP contribution in [0.2, 0.25) is 0 Å². The second kappa shape index (κ2) is 8.85. The summed E-state index contributed by atoms with van der Waals surface area (Å²) in [7, 11) is 4.02. The molecule has 0 aromatic carbocycles. The fourth-order valence-corrected chi connectivity index (χ4v) is 2.10. The first-order chi connectivity index (χ1) is 9.88. The predicted octanol–water partition coefficient (Wildman–Crippen LogP) is 2.00. The molecular formula is C16H29N3O2. The Morgan fingerprint density at radius 2 is 2.05 bits per heavy atom.